The molecule has 4 aliphatic carbocycles. The molecule has 5 aromatic rings. The molecule has 8 unspecified atom stereocenters. The van der Waals surface area contributed by atoms with Crippen molar-refractivity contribution in [2.45, 2.75) is 78.4 Å². The fourth-order valence-corrected chi connectivity index (χ4v) is 13.2. The Hall–Kier alpha value is 0.396. The van der Waals surface area contributed by atoms with Crippen LogP contribution < -0.4 is 10.3 Å². The maximum atomic E-state index is 11.5. The largest absolute Gasteiger partial charge is 0.481 e. The van der Waals surface area contributed by atoms with Crippen molar-refractivity contribution in [2.24, 2.45) is 33.9 Å². The van der Waals surface area contributed by atoms with Gasteiger partial charge in [0.2, 0.25) is 20.0 Å². The Balaban J connectivity index is -0.000000326. The molecule has 0 aromatic heterocycles. The second kappa shape index (κ2) is 42.9. The van der Waals surface area contributed by atoms with E-state index < -0.39 is 78.9 Å². The van der Waals surface area contributed by atoms with Crippen LogP contribution in [0.25, 0.3) is 6.08 Å². The third kappa shape index (κ3) is 26.3. The van der Waals surface area contributed by atoms with Crippen molar-refractivity contribution < 1.29 is 191 Å². The maximum Gasteiger partial charge on any atom is 0.312 e. The molecule has 4 saturated carbocycles. The molecule has 484 valence electrons. The number of halogens is 8. The van der Waals surface area contributed by atoms with Crippen molar-refractivity contribution >= 4 is 143 Å². The Labute approximate surface area is 667 Å². The number of rotatable bonds is 16. The minimum atomic E-state index is -3.77. The van der Waals surface area contributed by atoms with E-state index in [0.29, 0.717) is 24.3 Å². The molecule has 0 aliphatic heterocycles. The average molecular weight is 1730 g/mol. The van der Waals surface area contributed by atoms with E-state index in [0.717, 1.165) is 23.0 Å². The van der Waals surface area contributed by atoms with Crippen molar-refractivity contribution in [3.05, 3.63) is 203 Å². The number of hydrogen-bond donors (Lipinski definition) is 3. The molecule has 4 fully saturated rings. The second-order valence-corrected chi connectivity index (χ2v) is 27.1. The summed E-state index contributed by atoms with van der Waals surface area (Å²) in [5.74, 6) is -4.98. The Morgan fingerprint density at radius 1 is 0.506 bits per heavy atom. The first-order chi connectivity index (χ1) is 37.5. The molecule has 0 amide bonds. The number of carbonyl (C=O) groups is 4. The van der Waals surface area contributed by atoms with Gasteiger partial charge < -0.3 is 53.8 Å². The first kappa shape index (κ1) is 98.1. The number of aliphatic carboxylic acids is 1. The van der Waals surface area contributed by atoms with E-state index in [4.69, 9.17) is 118 Å². The van der Waals surface area contributed by atoms with Crippen LogP contribution in [-0.4, -0.2) is 97.2 Å². The van der Waals surface area contributed by atoms with Crippen molar-refractivity contribution in [2.75, 3.05) is 27.4 Å². The summed E-state index contributed by atoms with van der Waals surface area (Å²) in [5.41, 5.74) is 4.39. The van der Waals surface area contributed by atoms with E-state index in [1.807, 2.05) is 105 Å². The monoisotopic (exact) mass is 1730 g/mol. The van der Waals surface area contributed by atoms with E-state index in [2.05, 4.69) is 9.47 Å². The topological polar surface area (TPSA) is 246 Å². The van der Waals surface area contributed by atoms with Gasteiger partial charge in [-0.05, 0) is 72.0 Å². The van der Waals surface area contributed by atoms with E-state index in [1.165, 1.54) is 68.8 Å². The van der Waals surface area contributed by atoms with E-state index in [1.54, 1.807) is 6.08 Å². The molecule has 0 bridgehead atoms. The zero-order chi connectivity index (χ0) is 59.6. The van der Waals surface area contributed by atoms with Gasteiger partial charge in [0.25, 0.3) is 0 Å². The predicted octanol–water partition coefficient (Wildman–Crippen LogP) is 13.7. The van der Waals surface area contributed by atoms with Gasteiger partial charge in [0.05, 0.1) is 35.8 Å². The van der Waals surface area contributed by atoms with Crippen LogP contribution in [0.1, 0.15) is 72.8 Å². The SMILES string of the molecule is C.CCOC(OCC)C1C(c2ccccc2)C1(Cl)Cl.COC(=O)C1C(c2ccc(S(N)(=O)=O)cc2)C1(Cl)Cl.COC(=O)C1C(c2ccccc2)C1(Cl)Cl.NS(=O)(=O)c1ccc(C2C(C(=O)O)C2(Cl)Cl)cc1.O=C/C=C/c1ccccc1.[CH3-].[CH3-].[CH3-].[CH3-].[Y].[Y].[Y].[Y]. The van der Waals surface area contributed by atoms with Gasteiger partial charge in [0, 0.05) is 168 Å². The molecular weight excluding hydrogens is 1660 g/mol. The Bertz CT molecular complexity index is 3180. The van der Waals surface area contributed by atoms with Crippen molar-refractivity contribution in [3.63, 3.8) is 0 Å². The summed E-state index contributed by atoms with van der Waals surface area (Å²) in [6, 6.07) is 40.6. The van der Waals surface area contributed by atoms with Crippen LogP contribution in [0, 0.1) is 53.4 Å². The van der Waals surface area contributed by atoms with Crippen LogP contribution in [0.2, 0.25) is 0 Å². The number of carboxylic acids is 1. The predicted molar refractivity (Wildman–Crippen MR) is 344 cm³/mol. The fourth-order valence-electron chi connectivity index (χ4n) is 8.84. The molecule has 5 aromatic carbocycles. The van der Waals surface area contributed by atoms with Crippen molar-refractivity contribution in [1.82, 2.24) is 0 Å². The number of benzene rings is 5. The number of nitrogens with two attached hydrogens (primary N) is 2. The molecule has 4 radical (unpaired) electrons. The van der Waals surface area contributed by atoms with Crippen LogP contribution in [0.15, 0.2) is 155 Å². The number of sulfonamides is 2. The minimum Gasteiger partial charge on any atom is -0.481 e. The maximum absolute atomic E-state index is 11.5. The zero-order valence-electron chi connectivity index (χ0n) is 49.3. The summed E-state index contributed by atoms with van der Waals surface area (Å²) in [5, 5.41) is 18.9. The van der Waals surface area contributed by atoms with E-state index in [-0.39, 0.29) is 208 Å². The van der Waals surface area contributed by atoms with Gasteiger partial charge in [-0.3, -0.25) is 19.2 Å². The number of hydrogen-bond acceptors (Lipinski definition) is 12. The second-order valence-electron chi connectivity index (χ2n) is 18.2. The number of carboxylic acid groups (broad SMARTS) is 1. The molecule has 9 rings (SSSR count). The minimum absolute atomic E-state index is 0. The van der Waals surface area contributed by atoms with Crippen LogP contribution in [0.5, 0.6) is 0 Å². The van der Waals surface area contributed by atoms with Crippen LogP contribution in [0.3, 0.4) is 0 Å². The summed E-state index contributed by atoms with van der Waals surface area (Å²) in [4.78, 5) is 43.6. The summed E-state index contributed by atoms with van der Waals surface area (Å²) >= 11 is 48.7. The molecule has 0 spiro atoms. The van der Waals surface area contributed by atoms with Crippen LogP contribution in [-0.2, 0) is 189 Å². The molecule has 15 nitrogen and oxygen atoms in total. The number of aldehydes is 1. The quantitative estimate of drug-likeness (QED) is 0.0208. The van der Waals surface area contributed by atoms with Gasteiger partial charge in [-0.2, -0.15) is 0 Å². The molecule has 89 heavy (non-hydrogen) atoms. The third-order valence-corrected chi connectivity index (χ3v) is 18.7. The summed E-state index contributed by atoms with van der Waals surface area (Å²) in [6.45, 7) is 5.06. The number of carbonyl (C=O) groups excluding carboxylic acids is 3. The average Bonchev–Trinajstić information content (AvgIpc) is 4.32. The summed E-state index contributed by atoms with van der Waals surface area (Å²) in [7, 11) is -4.92. The molecule has 0 saturated heterocycles. The Kier molecular flexibility index (Phi) is 47.3. The summed E-state index contributed by atoms with van der Waals surface area (Å²) in [6.07, 6.45) is 3.69. The number of esters is 2. The van der Waals surface area contributed by atoms with Crippen molar-refractivity contribution in [1.29, 1.82) is 0 Å². The van der Waals surface area contributed by atoms with E-state index >= 15 is 0 Å². The number of methoxy groups -OCH3 is 2. The fraction of sp³-hybridized carbons (Fsp3) is 0.333. The first-order valence-corrected chi connectivity index (χ1v) is 30.3. The third-order valence-electron chi connectivity index (χ3n) is 13.0. The van der Waals surface area contributed by atoms with Gasteiger partial charge in [0.15, 0.2) is 6.29 Å². The Morgan fingerprint density at radius 2 is 0.798 bits per heavy atom. The van der Waals surface area contributed by atoms with Gasteiger partial charge in [-0.15, -0.1) is 23.2 Å². The normalized spacial score (nSPS) is 21.3. The zero-order valence-corrected chi connectivity index (χ0v) is 68.3. The molecule has 0 heterocycles. The molecule has 4 aliphatic rings. The Morgan fingerprint density at radius 3 is 1.08 bits per heavy atom. The number of ether oxygens (including phenoxy) is 4. The molecule has 29 heteroatoms. The van der Waals surface area contributed by atoms with Crippen molar-refractivity contribution in [3.8, 4) is 0 Å². The number of allylic oxidation sites excluding steroid dienone is 1. The number of primary sulfonamides is 2. The van der Waals surface area contributed by atoms with Gasteiger partial charge in [0.1, 0.15) is 35.5 Å². The van der Waals surface area contributed by atoms with Gasteiger partial charge in [-0.1, -0.05) is 198 Å². The van der Waals surface area contributed by atoms with Gasteiger partial charge >= 0.3 is 17.9 Å². The van der Waals surface area contributed by atoms with Gasteiger partial charge in [-0.25, -0.2) is 27.1 Å². The van der Waals surface area contributed by atoms with E-state index in [9.17, 15) is 36.0 Å². The smallest absolute Gasteiger partial charge is 0.312 e. The first-order valence-electron chi connectivity index (χ1n) is 24.1. The number of alkyl halides is 8. The molecule has 5 N–H and O–H groups in total. The summed E-state index contributed by atoms with van der Waals surface area (Å²) < 4.78 is 60.5. The van der Waals surface area contributed by atoms with Crippen LogP contribution >= 0.6 is 92.8 Å². The standard InChI is InChI=1S/C14H18Cl2O2.C11H11Cl2NO4S.C11H10Cl2O2.C10H9Cl2NO4S.C9H8O.CH4.4CH3.4Y/c1-3-17-13(18-4-2)12-11(14(12,15)16)10-8-6-5-7-9-10;1-18-10(15)9-8(11(9,12)13)6-2-4-7(5-3-6)19(14,16)17;1-15-10(14)9-8(11(9,12)13)7-5-3-2-4-6-7;11-10(12)7(8(10)9(14)15)5-1-3-6(4-2-5)18(13,16)17;10-8-4-7-9-5-2-1-3-6-9;;;;;;;;;/h5-9,11-13H,3-4H2,1-2H3;2-5,8-9H,1H3,(H2,14,16,17);2-6,8-9H,1H3;1-4,7-8H,(H,14,15)(H2,13,16,17);1-8H;1H4;4*1H3;;;;/q;;;;;;4*-1;;;;/b;;;;7-4+;;;;;;;;;. The molecular formula is C60H72Cl8N2O13S2Y4-4. The molecule has 8 atom stereocenters. The van der Waals surface area contributed by atoms with Crippen LogP contribution in [0.4, 0.5) is 0 Å².